The summed E-state index contributed by atoms with van der Waals surface area (Å²) in [5.41, 5.74) is 0.384. The lowest BCUT2D eigenvalue weighted by Crippen LogP contribution is -2.08. The standard InChI is InChI=1S/C4H5N2O/c5-4-1-2-6(7)3-4/h1-2,5H,3H2/q-1. The van der Waals surface area contributed by atoms with E-state index in [2.05, 4.69) is 0 Å². The fraction of sp³-hybridized carbons (Fsp3) is 0.250. The van der Waals surface area contributed by atoms with E-state index in [0.717, 1.165) is 5.06 Å². The molecule has 0 aliphatic carbocycles. The molecule has 0 radical (unpaired) electrons. The van der Waals surface area contributed by atoms with Gasteiger partial charge in [-0.25, -0.2) is 0 Å². The van der Waals surface area contributed by atoms with Crippen LogP contribution in [0.3, 0.4) is 0 Å². The van der Waals surface area contributed by atoms with Crippen molar-refractivity contribution in [1.82, 2.24) is 5.06 Å². The molecule has 1 rings (SSSR count). The molecule has 0 aromatic rings. The normalized spacial score (nSPS) is 19.0. The van der Waals surface area contributed by atoms with E-state index in [1.807, 2.05) is 0 Å². The van der Waals surface area contributed by atoms with Gasteiger partial charge in [-0.15, -0.1) is 0 Å². The lowest BCUT2D eigenvalue weighted by Gasteiger charge is -2.19. The van der Waals surface area contributed by atoms with Crippen LogP contribution in [0.5, 0.6) is 0 Å². The Balaban J connectivity index is 2.58. The summed E-state index contributed by atoms with van der Waals surface area (Å²) in [5.74, 6) is 0. The summed E-state index contributed by atoms with van der Waals surface area (Å²) in [4.78, 5) is 0. The van der Waals surface area contributed by atoms with Gasteiger partial charge in [0.2, 0.25) is 0 Å². The van der Waals surface area contributed by atoms with E-state index >= 15 is 0 Å². The summed E-state index contributed by atoms with van der Waals surface area (Å²) >= 11 is 0. The predicted octanol–water partition coefficient (Wildman–Crippen LogP) is 0.333. The number of nitrogens with one attached hydrogen (secondary N) is 1. The highest BCUT2D eigenvalue weighted by Gasteiger charge is 1.96. The third kappa shape index (κ3) is 0.778. The maximum Gasteiger partial charge on any atom is 0.0513 e. The van der Waals surface area contributed by atoms with Crippen molar-refractivity contribution in [1.29, 1.82) is 5.41 Å². The second-order valence-corrected chi connectivity index (χ2v) is 1.42. The van der Waals surface area contributed by atoms with Crippen molar-refractivity contribution in [3.05, 3.63) is 17.5 Å². The molecule has 1 aliphatic heterocycles. The molecule has 7 heavy (non-hydrogen) atoms. The summed E-state index contributed by atoms with van der Waals surface area (Å²) in [6.45, 7) is 0.222. The molecular formula is C4H5N2O-. The van der Waals surface area contributed by atoms with Gasteiger partial charge < -0.3 is 15.7 Å². The lowest BCUT2D eigenvalue weighted by atomic mass is 10.4. The van der Waals surface area contributed by atoms with E-state index in [9.17, 15) is 5.21 Å². The van der Waals surface area contributed by atoms with Gasteiger partial charge in [-0.05, 0) is 12.3 Å². The highest BCUT2D eigenvalue weighted by Crippen LogP contribution is 1.95. The molecule has 0 saturated carbocycles. The number of hydroxylamine groups is 2. The monoisotopic (exact) mass is 97.0 g/mol. The van der Waals surface area contributed by atoms with Crippen molar-refractivity contribution in [2.75, 3.05) is 6.54 Å². The molecule has 0 saturated heterocycles. The minimum atomic E-state index is 0.222. The predicted molar refractivity (Wildman–Crippen MR) is 26.9 cm³/mol. The Morgan fingerprint density at radius 2 is 2.57 bits per heavy atom. The van der Waals surface area contributed by atoms with Crippen molar-refractivity contribution < 1.29 is 0 Å². The molecule has 1 aliphatic rings. The molecule has 0 bridgehead atoms. The zero-order chi connectivity index (χ0) is 5.28. The SMILES string of the molecule is N=C1C=CN([O-])C1. The molecular weight excluding hydrogens is 92.1 g/mol. The van der Waals surface area contributed by atoms with Crippen LogP contribution in [0.4, 0.5) is 0 Å². The third-order valence-corrected chi connectivity index (χ3v) is 0.768. The largest absolute Gasteiger partial charge is 0.758 e. The highest BCUT2D eigenvalue weighted by molar-refractivity contribution is 5.95. The Morgan fingerprint density at radius 1 is 1.86 bits per heavy atom. The maximum absolute atomic E-state index is 10.1. The quantitative estimate of drug-likeness (QED) is 0.473. The van der Waals surface area contributed by atoms with Crippen molar-refractivity contribution in [3.8, 4) is 0 Å². The smallest absolute Gasteiger partial charge is 0.0513 e. The van der Waals surface area contributed by atoms with Crippen molar-refractivity contribution >= 4 is 5.71 Å². The van der Waals surface area contributed by atoms with Crippen molar-refractivity contribution in [2.24, 2.45) is 0 Å². The first-order chi connectivity index (χ1) is 3.29. The van der Waals surface area contributed by atoms with Crippen LogP contribution >= 0.6 is 0 Å². The minimum absolute atomic E-state index is 0.222. The van der Waals surface area contributed by atoms with E-state index in [1.54, 1.807) is 0 Å². The van der Waals surface area contributed by atoms with Gasteiger partial charge in [0.05, 0.1) is 5.71 Å². The van der Waals surface area contributed by atoms with E-state index in [-0.39, 0.29) is 6.54 Å². The van der Waals surface area contributed by atoms with Crippen LogP contribution in [0.1, 0.15) is 0 Å². The van der Waals surface area contributed by atoms with E-state index in [1.165, 1.54) is 12.3 Å². The molecule has 0 atom stereocenters. The van der Waals surface area contributed by atoms with Crippen LogP contribution in [0.25, 0.3) is 0 Å². The highest BCUT2D eigenvalue weighted by atomic mass is 16.5. The Labute approximate surface area is 41.3 Å². The van der Waals surface area contributed by atoms with Gasteiger partial charge in [0, 0.05) is 6.54 Å². The van der Waals surface area contributed by atoms with E-state index in [0.29, 0.717) is 5.71 Å². The Morgan fingerprint density at radius 3 is 2.71 bits per heavy atom. The van der Waals surface area contributed by atoms with Gasteiger partial charge in [-0.1, -0.05) is 0 Å². The molecule has 3 nitrogen and oxygen atoms in total. The first-order valence-corrected chi connectivity index (χ1v) is 1.98. The molecule has 0 amide bonds. The maximum atomic E-state index is 10.1. The number of hydrogen-bond donors (Lipinski definition) is 1. The second-order valence-electron chi connectivity index (χ2n) is 1.42. The Kier molecular flexibility index (Phi) is 0.834. The summed E-state index contributed by atoms with van der Waals surface area (Å²) < 4.78 is 0. The summed E-state index contributed by atoms with van der Waals surface area (Å²) in [5, 5.41) is 17.7. The Bertz CT molecular complexity index is 119. The molecule has 0 aromatic carbocycles. The molecule has 0 aromatic heterocycles. The van der Waals surface area contributed by atoms with Crippen molar-refractivity contribution in [2.45, 2.75) is 0 Å². The average Bonchev–Trinajstić information content (AvgIpc) is 1.87. The van der Waals surface area contributed by atoms with Gasteiger partial charge in [0.1, 0.15) is 0 Å². The molecule has 38 valence electrons. The fourth-order valence-electron chi connectivity index (χ4n) is 0.446. The first kappa shape index (κ1) is 4.33. The molecule has 3 heteroatoms. The summed E-state index contributed by atoms with van der Waals surface area (Å²) in [6, 6.07) is 0. The fourth-order valence-corrected chi connectivity index (χ4v) is 0.446. The van der Waals surface area contributed by atoms with Gasteiger partial charge in [0.25, 0.3) is 0 Å². The van der Waals surface area contributed by atoms with Gasteiger partial charge >= 0.3 is 0 Å². The Hall–Kier alpha value is -0.830. The number of hydrogen-bond acceptors (Lipinski definition) is 3. The zero-order valence-electron chi connectivity index (χ0n) is 3.72. The molecule has 1 heterocycles. The molecule has 0 unspecified atom stereocenters. The summed E-state index contributed by atoms with van der Waals surface area (Å²) in [6.07, 6.45) is 2.84. The summed E-state index contributed by atoms with van der Waals surface area (Å²) in [7, 11) is 0. The molecule has 1 N–H and O–H groups in total. The van der Waals surface area contributed by atoms with Crippen LogP contribution in [-0.4, -0.2) is 17.3 Å². The number of rotatable bonds is 0. The van der Waals surface area contributed by atoms with E-state index in [4.69, 9.17) is 5.41 Å². The average molecular weight is 97.1 g/mol. The van der Waals surface area contributed by atoms with E-state index < -0.39 is 0 Å². The molecule has 0 fully saturated rings. The first-order valence-electron chi connectivity index (χ1n) is 1.98. The van der Waals surface area contributed by atoms with Gasteiger partial charge in [-0.2, -0.15) is 0 Å². The van der Waals surface area contributed by atoms with Crippen molar-refractivity contribution in [3.63, 3.8) is 0 Å². The second kappa shape index (κ2) is 1.35. The van der Waals surface area contributed by atoms with Crippen LogP contribution < -0.4 is 0 Å². The third-order valence-electron chi connectivity index (χ3n) is 0.768. The van der Waals surface area contributed by atoms with Crippen LogP contribution in [0, 0.1) is 10.6 Å². The van der Waals surface area contributed by atoms with Gasteiger partial charge in [0.15, 0.2) is 0 Å². The lowest BCUT2D eigenvalue weighted by molar-refractivity contribution is 0.603. The number of nitrogens with zero attached hydrogens (tertiary/aromatic N) is 1. The zero-order valence-corrected chi connectivity index (χ0v) is 3.72. The van der Waals surface area contributed by atoms with Crippen LogP contribution in [0.15, 0.2) is 12.3 Å². The van der Waals surface area contributed by atoms with Gasteiger partial charge in [-0.3, -0.25) is 0 Å². The van der Waals surface area contributed by atoms with Crippen LogP contribution in [-0.2, 0) is 0 Å². The van der Waals surface area contributed by atoms with Crippen LogP contribution in [0.2, 0.25) is 0 Å². The topological polar surface area (TPSA) is 50.2 Å². The minimum Gasteiger partial charge on any atom is -0.758 e. The molecule has 0 spiro atoms.